The van der Waals surface area contributed by atoms with Crippen molar-refractivity contribution in [2.75, 3.05) is 0 Å². The molecule has 0 fully saturated rings. The number of halogens is 1. The SMILES string of the molecule is CC(C)(C)CCC(=O)C(C#N)c1ccccc1Cl. The minimum atomic E-state index is -0.749. The van der Waals surface area contributed by atoms with Gasteiger partial charge in [0.25, 0.3) is 0 Å². The second kappa shape index (κ2) is 6.02. The van der Waals surface area contributed by atoms with Crippen molar-refractivity contribution in [2.24, 2.45) is 5.41 Å². The molecule has 1 aromatic carbocycles. The molecule has 0 spiro atoms. The first-order valence-electron chi connectivity index (χ1n) is 6.02. The minimum absolute atomic E-state index is 0.0551. The van der Waals surface area contributed by atoms with Crippen molar-refractivity contribution < 1.29 is 4.79 Å². The number of nitriles is 1. The zero-order valence-electron chi connectivity index (χ0n) is 11.0. The van der Waals surface area contributed by atoms with Crippen LogP contribution in [0.15, 0.2) is 24.3 Å². The van der Waals surface area contributed by atoms with Gasteiger partial charge >= 0.3 is 0 Å². The lowest BCUT2D eigenvalue weighted by Crippen LogP contribution is -2.15. The molecule has 0 aliphatic heterocycles. The van der Waals surface area contributed by atoms with Gasteiger partial charge in [-0.05, 0) is 23.5 Å². The highest BCUT2D eigenvalue weighted by atomic mass is 35.5. The molecule has 0 heterocycles. The number of benzene rings is 1. The highest BCUT2D eigenvalue weighted by Gasteiger charge is 2.23. The summed E-state index contributed by atoms with van der Waals surface area (Å²) in [5, 5.41) is 9.65. The molecule has 1 atom stereocenters. The Kier molecular flexibility index (Phi) is 4.93. The maximum Gasteiger partial charge on any atom is 0.154 e. The van der Waals surface area contributed by atoms with E-state index in [4.69, 9.17) is 11.6 Å². The van der Waals surface area contributed by atoms with Crippen molar-refractivity contribution in [3.05, 3.63) is 34.9 Å². The lowest BCUT2D eigenvalue weighted by Gasteiger charge is -2.18. The predicted molar refractivity (Wildman–Crippen MR) is 73.5 cm³/mol. The van der Waals surface area contributed by atoms with Crippen LogP contribution >= 0.6 is 11.6 Å². The van der Waals surface area contributed by atoms with Gasteiger partial charge in [-0.1, -0.05) is 50.6 Å². The molecule has 1 unspecified atom stereocenters. The first-order valence-corrected chi connectivity index (χ1v) is 6.40. The fraction of sp³-hybridized carbons (Fsp3) is 0.467. The van der Waals surface area contributed by atoms with Crippen molar-refractivity contribution in [3.8, 4) is 6.07 Å². The van der Waals surface area contributed by atoms with Gasteiger partial charge in [-0.15, -0.1) is 0 Å². The molecule has 0 saturated carbocycles. The standard InChI is InChI=1S/C15H18ClNO/c1-15(2,3)9-8-14(18)12(10-17)11-6-4-5-7-13(11)16/h4-7,12H,8-9H2,1-3H3. The van der Waals surface area contributed by atoms with E-state index in [1.807, 2.05) is 0 Å². The van der Waals surface area contributed by atoms with Gasteiger partial charge in [0.15, 0.2) is 5.78 Å². The van der Waals surface area contributed by atoms with Crippen molar-refractivity contribution in [2.45, 2.75) is 39.5 Å². The highest BCUT2D eigenvalue weighted by molar-refractivity contribution is 6.31. The van der Waals surface area contributed by atoms with Crippen LogP contribution in [0, 0.1) is 16.7 Å². The molecule has 0 radical (unpaired) electrons. The third-order valence-corrected chi connectivity index (χ3v) is 3.13. The Morgan fingerprint density at radius 2 is 2.00 bits per heavy atom. The summed E-state index contributed by atoms with van der Waals surface area (Å²) < 4.78 is 0. The van der Waals surface area contributed by atoms with Gasteiger partial charge in [0.1, 0.15) is 5.92 Å². The van der Waals surface area contributed by atoms with E-state index in [1.54, 1.807) is 24.3 Å². The summed E-state index contributed by atoms with van der Waals surface area (Å²) in [5.41, 5.74) is 0.705. The summed E-state index contributed by atoms with van der Waals surface area (Å²) in [6.07, 6.45) is 1.18. The normalized spacial score (nSPS) is 12.8. The first-order chi connectivity index (χ1) is 8.35. The lowest BCUT2D eigenvalue weighted by molar-refractivity contribution is -0.119. The summed E-state index contributed by atoms with van der Waals surface area (Å²) in [4.78, 5) is 12.1. The van der Waals surface area contributed by atoms with Crippen LogP contribution in [0.5, 0.6) is 0 Å². The average Bonchev–Trinajstić information content (AvgIpc) is 2.29. The van der Waals surface area contributed by atoms with Crippen LogP contribution in [-0.4, -0.2) is 5.78 Å². The van der Waals surface area contributed by atoms with E-state index < -0.39 is 5.92 Å². The van der Waals surface area contributed by atoms with Crippen LogP contribution in [0.25, 0.3) is 0 Å². The van der Waals surface area contributed by atoms with Gasteiger partial charge in [0.05, 0.1) is 6.07 Å². The number of carbonyl (C=O) groups excluding carboxylic acids is 1. The smallest absolute Gasteiger partial charge is 0.154 e. The van der Waals surface area contributed by atoms with Gasteiger partial charge in [0.2, 0.25) is 0 Å². The maximum absolute atomic E-state index is 12.1. The van der Waals surface area contributed by atoms with Crippen molar-refractivity contribution in [3.63, 3.8) is 0 Å². The van der Waals surface area contributed by atoms with E-state index in [0.717, 1.165) is 6.42 Å². The van der Waals surface area contributed by atoms with Gasteiger partial charge in [-0.2, -0.15) is 5.26 Å². The number of ketones is 1. The molecule has 0 aromatic heterocycles. The van der Waals surface area contributed by atoms with Crippen LogP contribution < -0.4 is 0 Å². The Morgan fingerprint density at radius 3 is 2.50 bits per heavy atom. The molecule has 0 aliphatic carbocycles. The fourth-order valence-corrected chi connectivity index (χ4v) is 1.91. The summed E-state index contributed by atoms with van der Waals surface area (Å²) in [6.45, 7) is 6.24. The third-order valence-electron chi connectivity index (χ3n) is 2.79. The molecule has 0 N–H and O–H groups in total. The Bertz CT molecular complexity index is 468. The highest BCUT2D eigenvalue weighted by Crippen LogP contribution is 2.28. The van der Waals surface area contributed by atoms with E-state index >= 15 is 0 Å². The van der Waals surface area contributed by atoms with Crippen LogP contribution in [0.3, 0.4) is 0 Å². The first kappa shape index (κ1) is 14.7. The molecule has 0 aliphatic rings. The van der Waals surface area contributed by atoms with Crippen LogP contribution in [-0.2, 0) is 4.79 Å². The largest absolute Gasteiger partial charge is 0.298 e. The second-order valence-electron chi connectivity index (χ2n) is 5.61. The number of carbonyl (C=O) groups is 1. The van der Waals surface area contributed by atoms with Gasteiger partial charge in [0, 0.05) is 11.4 Å². The number of Topliss-reactive ketones (excluding diaryl/α,β-unsaturated/α-hetero) is 1. The Hall–Kier alpha value is -1.33. The molecule has 3 heteroatoms. The van der Waals surface area contributed by atoms with Crippen LogP contribution in [0.4, 0.5) is 0 Å². The third kappa shape index (κ3) is 4.16. The maximum atomic E-state index is 12.1. The Balaban J connectivity index is 2.83. The minimum Gasteiger partial charge on any atom is -0.298 e. The summed E-state index contributed by atoms with van der Waals surface area (Å²) in [6, 6.07) is 9.09. The predicted octanol–water partition coefficient (Wildman–Crippen LogP) is 4.34. The van der Waals surface area contributed by atoms with E-state index in [0.29, 0.717) is 17.0 Å². The lowest BCUT2D eigenvalue weighted by atomic mass is 9.86. The zero-order chi connectivity index (χ0) is 13.8. The topological polar surface area (TPSA) is 40.9 Å². The quantitative estimate of drug-likeness (QED) is 0.811. The fourth-order valence-electron chi connectivity index (χ4n) is 1.67. The van der Waals surface area contributed by atoms with E-state index in [9.17, 15) is 10.1 Å². The van der Waals surface area contributed by atoms with E-state index in [1.165, 1.54) is 0 Å². The van der Waals surface area contributed by atoms with E-state index in [2.05, 4.69) is 26.8 Å². The molecular formula is C15H18ClNO. The van der Waals surface area contributed by atoms with Gasteiger partial charge in [-0.3, -0.25) is 4.79 Å². The Labute approximate surface area is 114 Å². The number of hydrogen-bond acceptors (Lipinski definition) is 2. The molecule has 0 amide bonds. The molecular weight excluding hydrogens is 246 g/mol. The molecule has 2 nitrogen and oxygen atoms in total. The Morgan fingerprint density at radius 1 is 1.39 bits per heavy atom. The van der Waals surface area contributed by atoms with Crippen LogP contribution in [0.1, 0.15) is 45.1 Å². The van der Waals surface area contributed by atoms with Gasteiger partial charge < -0.3 is 0 Å². The summed E-state index contributed by atoms with van der Waals surface area (Å²) in [7, 11) is 0. The second-order valence-corrected chi connectivity index (χ2v) is 6.02. The summed E-state index contributed by atoms with van der Waals surface area (Å²) in [5.74, 6) is -0.804. The zero-order valence-corrected chi connectivity index (χ0v) is 11.8. The average molecular weight is 264 g/mol. The number of hydrogen-bond donors (Lipinski definition) is 0. The number of nitrogens with zero attached hydrogens (tertiary/aromatic N) is 1. The molecule has 0 saturated heterocycles. The number of rotatable bonds is 4. The molecule has 18 heavy (non-hydrogen) atoms. The molecule has 0 bridgehead atoms. The molecule has 96 valence electrons. The van der Waals surface area contributed by atoms with E-state index in [-0.39, 0.29) is 11.2 Å². The van der Waals surface area contributed by atoms with Crippen molar-refractivity contribution in [1.29, 1.82) is 5.26 Å². The monoisotopic (exact) mass is 263 g/mol. The van der Waals surface area contributed by atoms with Crippen LogP contribution in [0.2, 0.25) is 5.02 Å². The molecule has 1 aromatic rings. The van der Waals surface area contributed by atoms with Crippen molar-refractivity contribution in [1.82, 2.24) is 0 Å². The molecule has 1 rings (SSSR count). The van der Waals surface area contributed by atoms with Crippen molar-refractivity contribution >= 4 is 17.4 Å². The van der Waals surface area contributed by atoms with Gasteiger partial charge in [-0.25, -0.2) is 0 Å². The summed E-state index contributed by atoms with van der Waals surface area (Å²) >= 11 is 6.03.